The lowest BCUT2D eigenvalue weighted by Gasteiger charge is -2.13. The smallest absolute Gasteiger partial charge is 0.135 e. The van der Waals surface area contributed by atoms with Crippen LogP contribution in [-0.2, 0) is 4.74 Å². The van der Waals surface area contributed by atoms with Crippen molar-refractivity contribution in [3.63, 3.8) is 0 Å². The molecule has 3 heteroatoms. The van der Waals surface area contributed by atoms with Crippen LogP contribution in [0.4, 0.5) is 0 Å². The minimum atomic E-state index is 0.0871. The highest BCUT2D eigenvalue weighted by molar-refractivity contribution is 5.45. The highest BCUT2D eigenvalue weighted by Gasteiger charge is 2.22. The largest absolute Gasteiger partial charge is 0.490 e. The standard InChI is InChI=1S/C16H20O3/c1-13-9-10-15(19-13)12-18-16-8-3-2-6-14(16)7-4-5-11-17/h2-3,6,8,13,15,17H,5,9-12H2,1H3. The fourth-order valence-corrected chi connectivity index (χ4v) is 2.10. The van der Waals surface area contributed by atoms with Crippen molar-refractivity contribution in [2.24, 2.45) is 0 Å². The van der Waals surface area contributed by atoms with Gasteiger partial charge in [-0.05, 0) is 31.9 Å². The molecule has 0 spiro atoms. The van der Waals surface area contributed by atoms with E-state index in [1.54, 1.807) is 0 Å². The van der Waals surface area contributed by atoms with Gasteiger partial charge >= 0.3 is 0 Å². The van der Waals surface area contributed by atoms with Crippen LogP contribution in [-0.4, -0.2) is 30.5 Å². The Morgan fingerprint density at radius 2 is 2.21 bits per heavy atom. The highest BCUT2D eigenvalue weighted by Crippen LogP contribution is 2.22. The summed E-state index contributed by atoms with van der Waals surface area (Å²) < 4.78 is 11.5. The van der Waals surface area contributed by atoms with Crippen molar-refractivity contribution in [2.75, 3.05) is 13.2 Å². The van der Waals surface area contributed by atoms with Gasteiger partial charge in [-0.2, -0.15) is 0 Å². The van der Waals surface area contributed by atoms with Gasteiger partial charge < -0.3 is 14.6 Å². The third-order valence-corrected chi connectivity index (χ3v) is 3.09. The molecule has 1 fully saturated rings. The second kappa shape index (κ2) is 7.18. The van der Waals surface area contributed by atoms with Crippen molar-refractivity contribution in [1.82, 2.24) is 0 Å². The molecule has 2 atom stereocenters. The SMILES string of the molecule is CC1CCC(COc2ccccc2C#CCCO)O1. The maximum Gasteiger partial charge on any atom is 0.135 e. The number of hydrogen-bond donors (Lipinski definition) is 1. The number of ether oxygens (including phenoxy) is 2. The minimum Gasteiger partial charge on any atom is -0.490 e. The van der Waals surface area contributed by atoms with Crippen LogP contribution in [0.3, 0.4) is 0 Å². The predicted molar refractivity (Wildman–Crippen MR) is 74.1 cm³/mol. The van der Waals surface area contributed by atoms with Gasteiger partial charge in [0.05, 0.1) is 24.4 Å². The normalized spacial score (nSPS) is 21.8. The first-order chi connectivity index (χ1) is 9.29. The van der Waals surface area contributed by atoms with E-state index in [4.69, 9.17) is 14.6 Å². The molecule has 0 bridgehead atoms. The summed E-state index contributed by atoms with van der Waals surface area (Å²) in [5, 5.41) is 8.74. The van der Waals surface area contributed by atoms with E-state index in [1.165, 1.54) is 0 Å². The molecule has 3 nitrogen and oxygen atoms in total. The van der Waals surface area contributed by atoms with E-state index in [9.17, 15) is 0 Å². The summed E-state index contributed by atoms with van der Waals surface area (Å²) in [6, 6.07) is 7.72. The number of benzene rings is 1. The molecule has 1 aromatic carbocycles. The fourth-order valence-electron chi connectivity index (χ4n) is 2.10. The van der Waals surface area contributed by atoms with Gasteiger partial charge in [0.2, 0.25) is 0 Å². The van der Waals surface area contributed by atoms with Crippen molar-refractivity contribution in [3.05, 3.63) is 29.8 Å². The topological polar surface area (TPSA) is 38.7 Å². The van der Waals surface area contributed by atoms with Gasteiger partial charge in [0.1, 0.15) is 12.4 Å². The van der Waals surface area contributed by atoms with Crippen molar-refractivity contribution >= 4 is 0 Å². The van der Waals surface area contributed by atoms with Crippen LogP contribution in [0.15, 0.2) is 24.3 Å². The van der Waals surface area contributed by atoms with Gasteiger partial charge in [-0.1, -0.05) is 24.0 Å². The molecular formula is C16H20O3. The van der Waals surface area contributed by atoms with Gasteiger partial charge in [0.25, 0.3) is 0 Å². The van der Waals surface area contributed by atoms with Crippen molar-refractivity contribution in [1.29, 1.82) is 0 Å². The van der Waals surface area contributed by atoms with Crippen molar-refractivity contribution in [3.8, 4) is 17.6 Å². The first-order valence-corrected chi connectivity index (χ1v) is 6.76. The summed E-state index contributed by atoms with van der Waals surface area (Å²) in [6.45, 7) is 2.75. The average molecular weight is 260 g/mol. The van der Waals surface area contributed by atoms with Crippen molar-refractivity contribution < 1.29 is 14.6 Å². The molecule has 0 amide bonds. The summed E-state index contributed by atoms with van der Waals surface area (Å²) in [6.07, 6.45) is 3.17. The van der Waals surface area contributed by atoms with Crippen LogP contribution in [0, 0.1) is 11.8 Å². The van der Waals surface area contributed by atoms with Crippen LogP contribution in [0.2, 0.25) is 0 Å². The van der Waals surface area contributed by atoms with E-state index in [0.29, 0.717) is 19.1 Å². The summed E-state index contributed by atoms with van der Waals surface area (Å²) in [5.74, 6) is 6.73. The lowest BCUT2D eigenvalue weighted by molar-refractivity contribution is 0.0264. The van der Waals surface area contributed by atoms with Crippen molar-refractivity contribution in [2.45, 2.75) is 38.4 Å². The zero-order valence-electron chi connectivity index (χ0n) is 11.3. The fraction of sp³-hybridized carbons (Fsp3) is 0.500. The number of rotatable bonds is 4. The lowest BCUT2D eigenvalue weighted by Crippen LogP contribution is -2.18. The molecule has 2 unspecified atom stereocenters. The van der Waals surface area contributed by atoms with Crippen LogP contribution in [0.25, 0.3) is 0 Å². The molecule has 1 N–H and O–H groups in total. The average Bonchev–Trinajstić information content (AvgIpc) is 2.84. The molecule has 1 aromatic rings. The minimum absolute atomic E-state index is 0.0871. The quantitative estimate of drug-likeness (QED) is 0.845. The maximum atomic E-state index is 8.74. The summed E-state index contributed by atoms with van der Waals surface area (Å²) in [7, 11) is 0. The Morgan fingerprint density at radius 3 is 2.95 bits per heavy atom. The van der Waals surface area contributed by atoms with Crippen LogP contribution in [0.1, 0.15) is 31.7 Å². The van der Waals surface area contributed by atoms with E-state index in [-0.39, 0.29) is 12.7 Å². The predicted octanol–water partition coefficient (Wildman–Crippen LogP) is 2.37. The molecule has 0 radical (unpaired) electrons. The van der Waals surface area contributed by atoms with E-state index < -0.39 is 0 Å². The van der Waals surface area contributed by atoms with Crippen LogP contribution in [0.5, 0.6) is 5.75 Å². The number of hydrogen-bond acceptors (Lipinski definition) is 3. The molecule has 102 valence electrons. The molecular weight excluding hydrogens is 240 g/mol. The first-order valence-electron chi connectivity index (χ1n) is 6.76. The summed E-state index contributed by atoms with van der Waals surface area (Å²) >= 11 is 0. The van der Waals surface area contributed by atoms with Crippen LogP contribution >= 0.6 is 0 Å². The molecule has 0 aliphatic carbocycles. The second-order valence-electron chi connectivity index (χ2n) is 4.73. The first kappa shape index (κ1) is 13.9. The highest BCUT2D eigenvalue weighted by atomic mass is 16.5. The maximum absolute atomic E-state index is 8.74. The lowest BCUT2D eigenvalue weighted by atomic mass is 10.2. The molecule has 0 aromatic heterocycles. The molecule has 1 aliphatic heterocycles. The monoisotopic (exact) mass is 260 g/mol. The molecule has 1 saturated heterocycles. The van der Waals surface area contributed by atoms with Crippen LogP contribution < -0.4 is 4.74 Å². The zero-order valence-corrected chi connectivity index (χ0v) is 11.3. The second-order valence-corrected chi connectivity index (χ2v) is 4.73. The van der Waals surface area contributed by atoms with E-state index in [1.807, 2.05) is 24.3 Å². The Morgan fingerprint density at radius 1 is 1.37 bits per heavy atom. The van der Waals surface area contributed by atoms with Gasteiger partial charge in [-0.25, -0.2) is 0 Å². The molecule has 1 heterocycles. The Labute approximate surface area is 114 Å². The molecule has 2 rings (SSSR count). The number of aliphatic hydroxyl groups excluding tert-OH is 1. The van der Waals surface area contributed by atoms with Gasteiger partial charge in [-0.3, -0.25) is 0 Å². The molecule has 19 heavy (non-hydrogen) atoms. The van der Waals surface area contributed by atoms with E-state index in [2.05, 4.69) is 18.8 Å². The zero-order chi connectivity index (χ0) is 13.5. The summed E-state index contributed by atoms with van der Waals surface area (Å²) in [4.78, 5) is 0. The van der Waals surface area contributed by atoms with Gasteiger partial charge in [0, 0.05) is 6.42 Å². The van der Waals surface area contributed by atoms with E-state index >= 15 is 0 Å². The number of aliphatic hydroxyl groups is 1. The molecule has 0 saturated carbocycles. The number of para-hydroxylation sites is 1. The Hall–Kier alpha value is -1.50. The third-order valence-electron chi connectivity index (χ3n) is 3.09. The van der Waals surface area contributed by atoms with E-state index in [0.717, 1.165) is 24.2 Å². The Bertz CT molecular complexity index is 459. The molecule has 1 aliphatic rings. The van der Waals surface area contributed by atoms with Gasteiger partial charge in [-0.15, -0.1) is 0 Å². The third kappa shape index (κ3) is 4.27. The Kier molecular flexibility index (Phi) is 5.26. The Balaban J connectivity index is 1.94. The summed E-state index contributed by atoms with van der Waals surface area (Å²) in [5.41, 5.74) is 0.863. The van der Waals surface area contributed by atoms with Gasteiger partial charge in [0.15, 0.2) is 0 Å².